The number of aromatic nitrogens is 1. The van der Waals surface area contributed by atoms with Crippen molar-refractivity contribution in [2.24, 2.45) is 5.84 Å². The zero-order chi connectivity index (χ0) is 9.42. The molecule has 2 rings (SSSR count). The third kappa shape index (κ3) is 1.44. The zero-order valence-electron chi connectivity index (χ0n) is 6.34. The number of hydrazine groups is 1. The smallest absolute Gasteiger partial charge is 0.310 e. The largest absolute Gasteiger partial charge is 0.423 e. The molecule has 13 heavy (non-hydrogen) atoms. The molecule has 3 N–H and O–H groups in total. The molecule has 1 heterocycles. The number of hydrogen-bond donors (Lipinski definition) is 2. The first kappa shape index (κ1) is 8.62. The van der Waals surface area contributed by atoms with Gasteiger partial charge in [0.2, 0.25) is 0 Å². The maximum absolute atomic E-state index is 5.86. The normalized spacial score (nSPS) is 10.7. The maximum Gasteiger partial charge on any atom is 0.310 e. The lowest BCUT2D eigenvalue weighted by Gasteiger charge is -1.91. The predicted molar refractivity (Wildman–Crippen MR) is 51.8 cm³/mol. The summed E-state index contributed by atoms with van der Waals surface area (Å²) in [4.78, 5) is 3.98. The van der Waals surface area contributed by atoms with Gasteiger partial charge in [0, 0.05) is 11.1 Å². The molecule has 0 saturated carbocycles. The fourth-order valence-electron chi connectivity index (χ4n) is 1.02. The van der Waals surface area contributed by atoms with Gasteiger partial charge in [-0.2, -0.15) is 4.98 Å². The molecule has 0 bridgehead atoms. The van der Waals surface area contributed by atoms with E-state index >= 15 is 0 Å². The van der Waals surface area contributed by atoms with E-state index in [0.717, 1.165) is 0 Å². The number of halogens is 2. The monoisotopic (exact) mass is 217 g/mol. The lowest BCUT2D eigenvalue weighted by atomic mass is 10.3. The van der Waals surface area contributed by atoms with Crippen LogP contribution in [0.25, 0.3) is 11.1 Å². The van der Waals surface area contributed by atoms with Crippen molar-refractivity contribution in [1.82, 2.24) is 4.98 Å². The summed E-state index contributed by atoms with van der Waals surface area (Å²) < 4.78 is 5.16. The van der Waals surface area contributed by atoms with Crippen LogP contribution in [0.4, 0.5) is 6.01 Å². The Morgan fingerprint density at radius 3 is 2.85 bits per heavy atom. The Bertz CT molecular complexity index is 454. The van der Waals surface area contributed by atoms with Gasteiger partial charge in [-0.25, -0.2) is 5.84 Å². The Morgan fingerprint density at radius 1 is 1.38 bits per heavy atom. The molecule has 2 aromatic rings. The van der Waals surface area contributed by atoms with Crippen molar-refractivity contribution in [2.75, 3.05) is 5.43 Å². The van der Waals surface area contributed by atoms with Crippen LogP contribution in [0.3, 0.4) is 0 Å². The first-order valence-electron chi connectivity index (χ1n) is 3.43. The van der Waals surface area contributed by atoms with Gasteiger partial charge in [0.25, 0.3) is 0 Å². The molecule has 0 saturated heterocycles. The first-order valence-corrected chi connectivity index (χ1v) is 4.18. The van der Waals surface area contributed by atoms with Gasteiger partial charge in [0.15, 0.2) is 5.58 Å². The van der Waals surface area contributed by atoms with Crippen LogP contribution in [-0.4, -0.2) is 4.98 Å². The van der Waals surface area contributed by atoms with Crippen LogP contribution in [0.15, 0.2) is 16.5 Å². The molecule has 0 spiro atoms. The number of fused-ring (bicyclic) bond motifs is 1. The first-order chi connectivity index (χ1) is 6.20. The van der Waals surface area contributed by atoms with E-state index in [1.54, 1.807) is 12.1 Å². The molecule has 4 nitrogen and oxygen atoms in total. The number of nitrogen functional groups attached to an aromatic ring is 1. The van der Waals surface area contributed by atoms with Gasteiger partial charge in [0.1, 0.15) is 5.52 Å². The SMILES string of the molecule is NNc1nc2c(Cl)cc(Cl)cc2o1. The molecule has 0 unspecified atom stereocenters. The minimum atomic E-state index is 0.208. The van der Waals surface area contributed by atoms with Crippen molar-refractivity contribution in [3.63, 3.8) is 0 Å². The Labute approximate surface area is 83.6 Å². The quantitative estimate of drug-likeness (QED) is 0.569. The topological polar surface area (TPSA) is 64.1 Å². The average molecular weight is 218 g/mol. The van der Waals surface area contributed by atoms with Crippen LogP contribution in [0.2, 0.25) is 10.0 Å². The van der Waals surface area contributed by atoms with Crippen LogP contribution in [0.5, 0.6) is 0 Å². The lowest BCUT2D eigenvalue weighted by Crippen LogP contribution is -2.06. The highest BCUT2D eigenvalue weighted by Gasteiger charge is 2.08. The highest BCUT2D eigenvalue weighted by Crippen LogP contribution is 2.29. The number of rotatable bonds is 1. The molecule has 0 aliphatic heterocycles. The fourth-order valence-corrected chi connectivity index (χ4v) is 1.54. The third-order valence-corrected chi connectivity index (χ3v) is 2.04. The van der Waals surface area contributed by atoms with Crippen molar-refractivity contribution in [3.8, 4) is 0 Å². The van der Waals surface area contributed by atoms with Crippen LogP contribution in [0.1, 0.15) is 0 Å². The fraction of sp³-hybridized carbons (Fsp3) is 0. The Balaban J connectivity index is 2.75. The van der Waals surface area contributed by atoms with Crippen molar-refractivity contribution in [2.45, 2.75) is 0 Å². The van der Waals surface area contributed by atoms with Crippen LogP contribution in [0, 0.1) is 0 Å². The summed E-state index contributed by atoms with van der Waals surface area (Å²) in [6.45, 7) is 0. The van der Waals surface area contributed by atoms with Crippen molar-refractivity contribution in [3.05, 3.63) is 22.2 Å². The van der Waals surface area contributed by atoms with E-state index < -0.39 is 0 Å². The molecule has 0 aliphatic rings. The molecule has 6 heteroatoms. The summed E-state index contributed by atoms with van der Waals surface area (Å²) in [5.41, 5.74) is 3.33. The van der Waals surface area contributed by atoms with E-state index in [2.05, 4.69) is 10.4 Å². The molecule has 1 aromatic carbocycles. The van der Waals surface area contributed by atoms with Crippen LogP contribution < -0.4 is 11.3 Å². The second-order valence-corrected chi connectivity index (χ2v) is 3.24. The second-order valence-electron chi connectivity index (χ2n) is 2.40. The molecule has 0 fully saturated rings. The number of nitrogens with one attached hydrogen (secondary N) is 1. The van der Waals surface area contributed by atoms with Gasteiger partial charge in [-0.15, -0.1) is 0 Å². The van der Waals surface area contributed by atoms with Gasteiger partial charge in [0.05, 0.1) is 5.02 Å². The summed E-state index contributed by atoms with van der Waals surface area (Å²) in [6.07, 6.45) is 0. The summed E-state index contributed by atoms with van der Waals surface area (Å²) in [5, 5.41) is 0.935. The molecule has 0 amide bonds. The summed E-state index contributed by atoms with van der Waals surface area (Å²) >= 11 is 11.6. The van der Waals surface area contributed by atoms with E-state index in [0.29, 0.717) is 21.1 Å². The van der Waals surface area contributed by atoms with Gasteiger partial charge in [-0.1, -0.05) is 23.2 Å². The molecule has 0 aliphatic carbocycles. The number of nitrogens with zero attached hydrogens (tertiary/aromatic N) is 1. The number of benzene rings is 1. The van der Waals surface area contributed by atoms with Crippen LogP contribution in [-0.2, 0) is 0 Å². The second kappa shape index (κ2) is 3.06. The predicted octanol–water partition coefficient (Wildman–Crippen LogP) is 2.42. The summed E-state index contributed by atoms with van der Waals surface area (Å²) in [7, 11) is 0. The Kier molecular flexibility index (Phi) is 2.03. The van der Waals surface area contributed by atoms with Crippen molar-refractivity contribution >= 4 is 40.3 Å². The van der Waals surface area contributed by atoms with Crippen molar-refractivity contribution < 1.29 is 4.42 Å². The molecular formula is C7H5Cl2N3O. The number of hydrogen-bond acceptors (Lipinski definition) is 4. The molecule has 1 aromatic heterocycles. The van der Waals surface area contributed by atoms with Gasteiger partial charge in [-0.3, -0.25) is 5.43 Å². The Morgan fingerprint density at radius 2 is 2.15 bits per heavy atom. The average Bonchev–Trinajstić information content (AvgIpc) is 2.47. The molecular weight excluding hydrogens is 213 g/mol. The molecule has 68 valence electrons. The van der Waals surface area contributed by atoms with E-state index in [1.165, 1.54) is 0 Å². The van der Waals surface area contributed by atoms with Gasteiger partial charge < -0.3 is 4.42 Å². The maximum atomic E-state index is 5.86. The van der Waals surface area contributed by atoms with E-state index in [-0.39, 0.29) is 6.01 Å². The lowest BCUT2D eigenvalue weighted by molar-refractivity contribution is 0.617. The Hall–Kier alpha value is -0.970. The number of nitrogens with two attached hydrogens (primary N) is 1. The highest BCUT2D eigenvalue weighted by molar-refractivity contribution is 6.38. The minimum Gasteiger partial charge on any atom is -0.423 e. The van der Waals surface area contributed by atoms with Crippen LogP contribution >= 0.6 is 23.2 Å². The molecule has 0 atom stereocenters. The highest BCUT2D eigenvalue weighted by atomic mass is 35.5. The number of oxazole rings is 1. The van der Waals surface area contributed by atoms with E-state index in [1.807, 2.05) is 0 Å². The standard InChI is InChI=1S/C7H5Cl2N3O/c8-3-1-4(9)6-5(2-3)13-7(11-6)12-10/h1-2H,10H2,(H,11,12). The molecule has 0 radical (unpaired) electrons. The van der Waals surface area contributed by atoms with Gasteiger partial charge >= 0.3 is 6.01 Å². The van der Waals surface area contributed by atoms with E-state index in [9.17, 15) is 0 Å². The van der Waals surface area contributed by atoms with Gasteiger partial charge in [-0.05, 0) is 6.07 Å². The van der Waals surface area contributed by atoms with Crippen molar-refractivity contribution in [1.29, 1.82) is 0 Å². The minimum absolute atomic E-state index is 0.208. The summed E-state index contributed by atoms with van der Waals surface area (Å²) in [5.74, 6) is 5.12. The number of anilines is 1. The third-order valence-electron chi connectivity index (χ3n) is 1.54. The zero-order valence-corrected chi connectivity index (χ0v) is 7.86. The van der Waals surface area contributed by atoms with E-state index in [4.69, 9.17) is 33.5 Å². The summed E-state index contributed by atoms with van der Waals surface area (Å²) in [6, 6.07) is 3.42.